The van der Waals surface area contributed by atoms with Crippen molar-refractivity contribution < 1.29 is 19.7 Å². The normalized spacial score (nSPS) is 18.0. The molecule has 174 valence electrons. The number of aliphatic hydroxyl groups is 2. The van der Waals surface area contributed by atoms with Crippen molar-refractivity contribution in [3.8, 4) is 11.5 Å². The number of para-hydroxylation sites is 2. The van der Waals surface area contributed by atoms with Crippen molar-refractivity contribution in [1.29, 1.82) is 0 Å². The van der Waals surface area contributed by atoms with Gasteiger partial charge in [0.25, 0.3) is 0 Å². The summed E-state index contributed by atoms with van der Waals surface area (Å²) in [5.41, 5.74) is 3.82. The highest BCUT2D eigenvalue weighted by atomic mass is 16.5. The highest BCUT2D eigenvalue weighted by Gasteiger charge is 2.21. The Bertz CT molecular complexity index is 856. The lowest BCUT2D eigenvalue weighted by Gasteiger charge is -2.25. The molecular formula is C28H38O4. The standard InChI is InChI=1S/C28H38O4/c1-21(29)9-7-19-31-27-13-5-3-11-25(27)23-15-17-24(18-16-23)26-12-4-6-14-28(26)32-20-8-10-22(2)30/h3-6,11-15,21-22,24,29-30H,7-10,16-20H2,1-2H3. The minimum Gasteiger partial charge on any atom is -0.493 e. The second-order valence-electron chi connectivity index (χ2n) is 8.91. The lowest BCUT2D eigenvalue weighted by molar-refractivity contribution is 0.170. The fourth-order valence-corrected chi connectivity index (χ4v) is 4.29. The van der Waals surface area contributed by atoms with E-state index in [0.717, 1.165) is 56.4 Å². The summed E-state index contributed by atoms with van der Waals surface area (Å²) in [7, 11) is 0. The van der Waals surface area contributed by atoms with Gasteiger partial charge in [-0.05, 0) is 88.0 Å². The molecule has 2 aromatic rings. The van der Waals surface area contributed by atoms with Crippen LogP contribution in [0.4, 0.5) is 0 Å². The van der Waals surface area contributed by atoms with Gasteiger partial charge in [0, 0.05) is 5.56 Å². The summed E-state index contributed by atoms with van der Waals surface area (Å²) in [4.78, 5) is 0. The van der Waals surface area contributed by atoms with E-state index in [0.29, 0.717) is 19.1 Å². The summed E-state index contributed by atoms with van der Waals surface area (Å²) in [5.74, 6) is 2.36. The number of benzene rings is 2. The van der Waals surface area contributed by atoms with Gasteiger partial charge in [-0.1, -0.05) is 42.5 Å². The van der Waals surface area contributed by atoms with E-state index in [2.05, 4.69) is 36.4 Å². The van der Waals surface area contributed by atoms with E-state index in [1.54, 1.807) is 0 Å². The summed E-state index contributed by atoms with van der Waals surface area (Å²) >= 11 is 0. The first-order chi connectivity index (χ1) is 15.5. The van der Waals surface area contributed by atoms with Crippen LogP contribution in [0.25, 0.3) is 5.57 Å². The van der Waals surface area contributed by atoms with Gasteiger partial charge in [-0.15, -0.1) is 0 Å². The molecule has 0 bridgehead atoms. The van der Waals surface area contributed by atoms with Gasteiger partial charge in [-0.2, -0.15) is 0 Å². The maximum Gasteiger partial charge on any atom is 0.126 e. The molecule has 0 amide bonds. The Balaban J connectivity index is 1.62. The van der Waals surface area contributed by atoms with E-state index in [1.165, 1.54) is 16.7 Å². The Labute approximate surface area is 192 Å². The van der Waals surface area contributed by atoms with Crippen molar-refractivity contribution in [3.05, 3.63) is 65.7 Å². The fraction of sp³-hybridized carbons (Fsp3) is 0.500. The Hall–Kier alpha value is -2.30. The van der Waals surface area contributed by atoms with Crippen LogP contribution in [0.15, 0.2) is 54.6 Å². The largest absolute Gasteiger partial charge is 0.493 e. The van der Waals surface area contributed by atoms with Crippen molar-refractivity contribution in [2.45, 2.75) is 76.9 Å². The highest BCUT2D eigenvalue weighted by Crippen LogP contribution is 2.41. The molecule has 4 nitrogen and oxygen atoms in total. The van der Waals surface area contributed by atoms with Crippen LogP contribution in [0.2, 0.25) is 0 Å². The molecule has 0 saturated heterocycles. The SMILES string of the molecule is CC(O)CCCOc1ccccc1C1=CCC(c2ccccc2OCCCC(C)O)CC1. The second kappa shape index (κ2) is 12.7. The smallest absolute Gasteiger partial charge is 0.126 e. The molecule has 0 aliphatic heterocycles. The van der Waals surface area contributed by atoms with Crippen molar-refractivity contribution in [2.75, 3.05) is 13.2 Å². The zero-order chi connectivity index (χ0) is 22.8. The average molecular weight is 439 g/mol. The van der Waals surface area contributed by atoms with Gasteiger partial charge < -0.3 is 19.7 Å². The molecule has 0 aromatic heterocycles. The number of hydrogen-bond donors (Lipinski definition) is 2. The van der Waals surface area contributed by atoms with Crippen LogP contribution < -0.4 is 9.47 Å². The molecule has 0 fully saturated rings. The van der Waals surface area contributed by atoms with E-state index >= 15 is 0 Å². The van der Waals surface area contributed by atoms with E-state index in [-0.39, 0.29) is 12.2 Å². The Kier molecular flexibility index (Phi) is 9.63. The molecule has 1 aliphatic rings. The number of ether oxygens (including phenoxy) is 2. The summed E-state index contributed by atoms with van der Waals surface area (Å²) < 4.78 is 12.1. The fourth-order valence-electron chi connectivity index (χ4n) is 4.29. The quantitative estimate of drug-likeness (QED) is 0.392. The molecule has 3 rings (SSSR count). The first-order valence-corrected chi connectivity index (χ1v) is 12.0. The number of hydrogen-bond acceptors (Lipinski definition) is 4. The van der Waals surface area contributed by atoms with E-state index in [9.17, 15) is 10.2 Å². The highest BCUT2D eigenvalue weighted by molar-refractivity contribution is 5.71. The third-order valence-electron chi connectivity index (χ3n) is 6.05. The maximum absolute atomic E-state index is 9.45. The van der Waals surface area contributed by atoms with Gasteiger partial charge in [0.1, 0.15) is 11.5 Å². The molecule has 0 radical (unpaired) electrons. The molecule has 2 N–H and O–H groups in total. The Morgan fingerprint density at radius 2 is 1.44 bits per heavy atom. The van der Waals surface area contributed by atoms with Gasteiger partial charge >= 0.3 is 0 Å². The van der Waals surface area contributed by atoms with E-state index in [4.69, 9.17) is 9.47 Å². The minimum atomic E-state index is -0.281. The summed E-state index contributed by atoms with van der Waals surface area (Å²) in [5, 5.41) is 18.9. The van der Waals surface area contributed by atoms with Crippen molar-refractivity contribution >= 4 is 5.57 Å². The van der Waals surface area contributed by atoms with Crippen LogP contribution in [0.1, 0.15) is 75.8 Å². The van der Waals surface area contributed by atoms with Crippen LogP contribution in [0.3, 0.4) is 0 Å². The van der Waals surface area contributed by atoms with Crippen molar-refractivity contribution in [2.24, 2.45) is 0 Å². The molecule has 3 unspecified atom stereocenters. The predicted molar refractivity (Wildman–Crippen MR) is 130 cm³/mol. The van der Waals surface area contributed by atoms with Gasteiger partial charge in [0.05, 0.1) is 25.4 Å². The molecule has 4 heteroatoms. The molecule has 0 saturated carbocycles. The van der Waals surface area contributed by atoms with Crippen LogP contribution >= 0.6 is 0 Å². The number of allylic oxidation sites excluding steroid dienone is 2. The lowest BCUT2D eigenvalue weighted by atomic mass is 9.82. The molecule has 3 atom stereocenters. The van der Waals surface area contributed by atoms with E-state index < -0.39 is 0 Å². The number of aliphatic hydroxyl groups excluding tert-OH is 2. The summed E-state index contributed by atoms with van der Waals surface area (Å²) in [6.07, 6.45) is 8.10. The van der Waals surface area contributed by atoms with Crippen LogP contribution in [0, 0.1) is 0 Å². The molecule has 0 spiro atoms. The number of rotatable bonds is 12. The van der Waals surface area contributed by atoms with Gasteiger partial charge in [0.2, 0.25) is 0 Å². The molecule has 1 aliphatic carbocycles. The van der Waals surface area contributed by atoms with E-state index in [1.807, 2.05) is 32.0 Å². The van der Waals surface area contributed by atoms with Crippen molar-refractivity contribution in [1.82, 2.24) is 0 Å². The zero-order valence-electron chi connectivity index (χ0n) is 19.5. The third-order valence-corrected chi connectivity index (χ3v) is 6.05. The Morgan fingerprint density at radius 3 is 2.06 bits per heavy atom. The van der Waals surface area contributed by atoms with Gasteiger partial charge in [-0.25, -0.2) is 0 Å². The van der Waals surface area contributed by atoms with Crippen LogP contribution in [-0.4, -0.2) is 35.6 Å². The lowest BCUT2D eigenvalue weighted by Crippen LogP contribution is -2.09. The first kappa shape index (κ1) is 24.3. The predicted octanol–water partition coefficient (Wildman–Crippen LogP) is 6.12. The maximum atomic E-state index is 9.45. The average Bonchev–Trinajstić information content (AvgIpc) is 2.80. The summed E-state index contributed by atoms with van der Waals surface area (Å²) in [6.45, 7) is 4.89. The van der Waals surface area contributed by atoms with Crippen LogP contribution in [0.5, 0.6) is 11.5 Å². The molecule has 0 heterocycles. The first-order valence-electron chi connectivity index (χ1n) is 12.0. The Morgan fingerprint density at radius 1 is 0.844 bits per heavy atom. The van der Waals surface area contributed by atoms with Crippen LogP contribution in [-0.2, 0) is 0 Å². The zero-order valence-corrected chi connectivity index (χ0v) is 19.5. The monoisotopic (exact) mass is 438 g/mol. The second-order valence-corrected chi connectivity index (χ2v) is 8.91. The minimum absolute atomic E-state index is 0.277. The summed E-state index contributed by atoms with van der Waals surface area (Å²) in [6, 6.07) is 16.7. The topological polar surface area (TPSA) is 58.9 Å². The molecule has 2 aromatic carbocycles. The van der Waals surface area contributed by atoms with Gasteiger partial charge in [-0.3, -0.25) is 0 Å². The third kappa shape index (κ3) is 7.39. The van der Waals surface area contributed by atoms with Crippen molar-refractivity contribution in [3.63, 3.8) is 0 Å². The molecule has 32 heavy (non-hydrogen) atoms. The molecular weight excluding hydrogens is 400 g/mol. The van der Waals surface area contributed by atoms with Gasteiger partial charge in [0.15, 0.2) is 0 Å².